The van der Waals surface area contributed by atoms with Gasteiger partial charge >= 0.3 is 0 Å². The van der Waals surface area contributed by atoms with Gasteiger partial charge in [-0.2, -0.15) is 0 Å². The molecule has 3 rings (SSSR count). The molecule has 6 heteroatoms. The molecular weight excluding hydrogens is 240 g/mol. The molecule has 2 unspecified atom stereocenters. The van der Waals surface area contributed by atoms with Crippen LogP contribution in [0.2, 0.25) is 0 Å². The van der Waals surface area contributed by atoms with Crippen LogP contribution in [0.1, 0.15) is 19.2 Å². The normalized spacial score (nSPS) is 22.5. The summed E-state index contributed by atoms with van der Waals surface area (Å²) in [7, 11) is 1.78. The van der Waals surface area contributed by atoms with E-state index in [-0.39, 0.29) is 0 Å². The van der Waals surface area contributed by atoms with Crippen LogP contribution < -0.4 is 10.6 Å². The van der Waals surface area contributed by atoms with Crippen LogP contribution in [0.3, 0.4) is 0 Å². The van der Waals surface area contributed by atoms with Crippen LogP contribution in [0.25, 0.3) is 5.65 Å². The number of hydrogen-bond acceptors (Lipinski definition) is 3. The number of hydrogen-bond donors (Lipinski definition) is 2. The van der Waals surface area contributed by atoms with Gasteiger partial charge < -0.3 is 10.6 Å². The van der Waals surface area contributed by atoms with Crippen LogP contribution in [0, 0.1) is 5.92 Å². The summed E-state index contributed by atoms with van der Waals surface area (Å²) in [6.45, 7) is 2.84. The number of aliphatic imine (C=N–C) groups is 1. The van der Waals surface area contributed by atoms with E-state index in [0.717, 1.165) is 23.3 Å². The third-order valence-corrected chi connectivity index (χ3v) is 3.45. The number of pyridine rings is 1. The molecule has 0 amide bonds. The maximum atomic E-state index is 4.22. The highest BCUT2D eigenvalue weighted by Crippen LogP contribution is 2.28. The third-order valence-electron chi connectivity index (χ3n) is 3.45. The van der Waals surface area contributed by atoms with Crippen molar-refractivity contribution in [1.82, 2.24) is 25.2 Å². The Balaban J connectivity index is 1.64. The van der Waals surface area contributed by atoms with Crippen molar-refractivity contribution in [1.29, 1.82) is 0 Å². The summed E-state index contributed by atoms with van der Waals surface area (Å²) in [4.78, 5) is 4.22. The lowest BCUT2D eigenvalue weighted by atomic mass is 10.4. The first-order valence-electron chi connectivity index (χ1n) is 6.54. The summed E-state index contributed by atoms with van der Waals surface area (Å²) in [5, 5.41) is 15.0. The quantitative estimate of drug-likeness (QED) is 0.631. The van der Waals surface area contributed by atoms with Gasteiger partial charge in [-0.3, -0.25) is 9.39 Å². The van der Waals surface area contributed by atoms with E-state index in [1.807, 2.05) is 28.8 Å². The Labute approximate surface area is 112 Å². The molecule has 1 aliphatic carbocycles. The first-order chi connectivity index (χ1) is 9.28. The third kappa shape index (κ3) is 2.52. The van der Waals surface area contributed by atoms with Gasteiger partial charge in [0.15, 0.2) is 17.4 Å². The number of rotatable bonds is 3. The zero-order valence-electron chi connectivity index (χ0n) is 11.2. The molecule has 0 bridgehead atoms. The van der Waals surface area contributed by atoms with E-state index in [9.17, 15) is 0 Å². The molecule has 1 fully saturated rings. The molecule has 2 heterocycles. The van der Waals surface area contributed by atoms with Crippen molar-refractivity contribution in [3.05, 3.63) is 30.2 Å². The van der Waals surface area contributed by atoms with E-state index >= 15 is 0 Å². The van der Waals surface area contributed by atoms with Gasteiger partial charge in [-0.25, -0.2) is 0 Å². The Kier molecular flexibility index (Phi) is 3.06. The zero-order chi connectivity index (χ0) is 13.2. The predicted molar refractivity (Wildman–Crippen MR) is 73.9 cm³/mol. The maximum absolute atomic E-state index is 4.22. The summed E-state index contributed by atoms with van der Waals surface area (Å²) in [6, 6.07) is 6.42. The van der Waals surface area contributed by atoms with Gasteiger partial charge in [0.1, 0.15) is 0 Å². The van der Waals surface area contributed by atoms with Gasteiger partial charge in [0.05, 0.1) is 6.54 Å². The second-order valence-electron chi connectivity index (χ2n) is 4.93. The minimum Gasteiger partial charge on any atom is -0.353 e. The molecular formula is C13H18N6. The lowest BCUT2D eigenvalue weighted by molar-refractivity contribution is 0.739. The molecule has 19 heavy (non-hydrogen) atoms. The Morgan fingerprint density at radius 1 is 1.47 bits per heavy atom. The van der Waals surface area contributed by atoms with Gasteiger partial charge in [-0.15, -0.1) is 10.2 Å². The number of nitrogens with zero attached hydrogens (tertiary/aromatic N) is 4. The minimum absolute atomic E-state index is 0.557. The van der Waals surface area contributed by atoms with Gasteiger partial charge in [0.2, 0.25) is 0 Å². The van der Waals surface area contributed by atoms with Gasteiger partial charge in [-0.05, 0) is 24.5 Å². The molecule has 2 N–H and O–H groups in total. The highest BCUT2D eigenvalue weighted by molar-refractivity contribution is 5.80. The van der Waals surface area contributed by atoms with Crippen molar-refractivity contribution >= 4 is 11.6 Å². The molecule has 1 aliphatic rings. The number of nitrogens with one attached hydrogen (secondary N) is 2. The second kappa shape index (κ2) is 4.87. The predicted octanol–water partition coefficient (Wildman–Crippen LogP) is 0.803. The van der Waals surface area contributed by atoms with Gasteiger partial charge in [-0.1, -0.05) is 13.0 Å². The van der Waals surface area contributed by atoms with E-state index in [1.54, 1.807) is 7.05 Å². The molecule has 6 nitrogen and oxygen atoms in total. The summed E-state index contributed by atoms with van der Waals surface area (Å²) >= 11 is 0. The summed E-state index contributed by atoms with van der Waals surface area (Å²) in [5.41, 5.74) is 0.859. The highest BCUT2D eigenvalue weighted by atomic mass is 15.3. The fraction of sp³-hybridized carbons (Fsp3) is 0.462. The van der Waals surface area contributed by atoms with Gasteiger partial charge in [0.25, 0.3) is 0 Å². The summed E-state index contributed by atoms with van der Waals surface area (Å²) in [5.74, 6) is 2.44. The van der Waals surface area contributed by atoms with Gasteiger partial charge in [0, 0.05) is 19.3 Å². The van der Waals surface area contributed by atoms with Crippen molar-refractivity contribution in [2.45, 2.75) is 25.9 Å². The van der Waals surface area contributed by atoms with Crippen LogP contribution >= 0.6 is 0 Å². The van der Waals surface area contributed by atoms with Crippen molar-refractivity contribution < 1.29 is 0 Å². The Bertz CT molecular complexity index is 602. The van der Waals surface area contributed by atoms with Crippen molar-refractivity contribution in [2.24, 2.45) is 10.9 Å². The molecule has 0 spiro atoms. The average molecular weight is 258 g/mol. The number of aromatic nitrogens is 3. The molecule has 1 saturated carbocycles. The van der Waals surface area contributed by atoms with Crippen LogP contribution in [-0.4, -0.2) is 33.6 Å². The smallest absolute Gasteiger partial charge is 0.191 e. The first kappa shape index (κ1) is 12.0. The lowest BCUT2D eigenvalue weighted by Crippen LogP contribution is -2.38. The maximum Gasteiger partial charge on any atom is 0.191 e. The topological polar surface area (TPSA) is 66.6 Å². The molecule has 0 aromatic carbocycles. The lowest BCUT2D eigenvalue weighted by Gasteiger charge is -2.10. The van der Waals surface area contributed by atoms with E-state index in [4.69, 9.17) is 0 Å². The molecule has 0 aliphatic heterocycles. The van der Waals surface area contributed by atoms with Crippen LogP contribution in [0.15, 0.2) is 29.4 Å². The fourth-order valence-corrected chi connectivity index (χ4v) is 2.07. The monoisotopic (exact) mass is 258 g/mol. The minimum atomic E-state index is 0.557. The molecule has 2 aromatic heterocycles. The van der Waals surface area contributed by atoms with Crippen molar-refractivity contribution in [3.8, 4) is 0 Å². The van der Waals surface area contributed by atoms with Crippen molar-refractivity contribution in [2.75, 3.05) is 7.05 Å². The SMILES string of the molecule is CN=C(NCc1nnc2ccccn12)NC1CC1C. The van der Waals surface area contributed by atoms with E-state index in [2.05, 4.69) is 32.7 Å². The largest absolute Gasteiger partial charge is 0.353 e. The van der Waals surface area contributed by atoms with Crippen LogP contribution in [0.5, 0.6) is 0 Å². The molecule has 0 saturated heterocycles. The van der Waals surface area contributed by atoms with E-state index < -0.39 is 0 Å². The van der Waals surface area contributed by atoms with Crippen LogP contribution in [0.4, 0.5) is 0 Å². The number of guanidine groups is 1. The molecule has 0 radical (unpaired) electrons. The average Bonchev–Trinajstić information content (AvgIpc) is 2.98. The standard InChI is InChI=1S/C13H18N6/c1-9-7-10(9)16-13(14-2)15-8-12-18-17-11-5-3-4-6-19(11)12/h3-6,9-10H,7-8H2,1-2H3,(H2,14,15,16). The molecule has 100 valence electrons. The van der Waals surface area contributed by atoms with E-state index in [1.165, 1.54) is 6.42 Å². The highest BCUT2D eigenvalue weighted by Gasteiger charge is 2.33. The van der Waals surface area contributed by atoms with Crippen LogP contribution in [-0.2, 0) is 6.54 Å². The summed E-state index contributed by atoms with van der Waals surface area (Å²) in [6.07, 6.45) is 3.18. The Morgan fingerprint density at radius 3 is 3.05 bits per heavy atom. The number of fused-ring (bicyclic) bond motifs is 1. The zero-order valence-corrected chi connectivity index (χ0v) is 11.2. The second-order valence-corrected chi connectivity index (χ2v) is 4.93. The fourth-order valence-electron chi connectivity index (χ4n) is 2.07. The Morgan fingerprint density at radius 2 is 2.32 bits per heavy atom. The van der Waals surface area contributed by atoms with Crippen molar-refractivity contribution in [3.63, 3.8) is 0 Å². The summed E-state index contributed by atoms with van der Waals surface area (Å²) < 4.78 is 1.97. The Hall–Kier alpha value is -2.11. The van der Waals surface area contributed by atoms with E-state index in [0.29, 0.717) is 12.6 Å². The molecule has 2 atom stereocenters. The molecule has 2 aromatic rings. The first-order valence-corrected chi connectivity index (χ1v) is 6.54.